The molecule has 0 spiro atoms. The molecule has 2 atom stereocenters. The highest BCUT2D eigenvalue weighted by Crippen LogP contribution is 2.26. The van der Waals surface area contributed by atoms with E-state index in [1.807, 2.05) is 4.90 Å². The van der Waals surface area contributed by atoms with Crippen LogP contribution in [0.5, 0.6) is 0 Å². The molecule has 1 saturated heterocycles. The first-order valence-corrected chi connectivity index (χ1v) is 8.52. The number of hydrogen-bond donors (Lipinski definition) is 1. The number of alkyl halides is 1. The Morgan fingerprint density at radius 3 is 2.73 bits per heavy atom. The second kappa shape index (κ2) is 6.73. The Bertz CT molecular complexity index is 930. The maximum atomic E-state index is 13.7. The fraction of sp³-hybridized carbons (Fsp3) is 0.375. The minimum absolute atomic E-state index is 0.270. The maximum Gasteiger partial charge on any atom is 0.208 e. The van der Waals surface area contributed by atoms with Crippen molar-refractivity contribution in [1.82, 2.24) is 24.5 Å². The number of rotatable bonds is 3. The van der Waals surface area contributed by atoms with Crippen LogP contribution in [-0.4, -0.2) is 49.8 Å². The highest BCUT2D eigenvalue weighted by Gasteiger charge is 2.29. The maximum absolute atomic E-state index is 13.7. The number of hydrogen-bond acceptors (Lipinski definition) is 6. The summed E-state index contributed by atoms with van der Waals surface area (Å²) in [7, 11) is 0. The van der Waals surface area contributed by atoms with Gasteiger partial charge in [-0.1, -0.05) is 11.6 Å². The third-order valence-electron chi connectivity index (χ3n) is 4.36. The van der Waals surface area contributed by atoms with Gasteiger partial charge in [-0.3, -0.25) is 4.57 Å². The van der Waals surface area contributed by atoms with E-state index in [0.717, 1.165) is 6.20 Å². The van der Waals surface area contributed by atoms with E-state index in [0.29, 0.717) is 47.5 Å². The molecule has 4 heterocycles. The van der Waals surface area contributed by atoms with Gasteiger partial charge in [0.15, 0.2) is 5.65 Å². The van der Waals surface area contributed by atoms with Gasteiger partial charge in [0.2, 0.25) is 5.95 Å². The second-order valence-electron chi connectivity index (χ2n) is 6.23. The predicted octanol–water partition coefficient (Wildman–Crippen LogP) is 1.94. The molecule has 1 unspecified atom stereocenters. The number of aromatic nitrogens is 5. The number of fused-ring (bicyclic) bond motifs is 1. The number of piperidine rings is 1. The molecule has 2 N–H and O–H groups in total. The van der Waals surface area contributed by atoms with Crippen molar-refractivity contribution >= 4 is 28.7 Å². The number of pyridine rings is 1. The van der Waals surface area contributed by atoms with Crippen LogP contribution in [0.15, 0.2) is 24.7 Å². The Morgan fingerprint density at radius 2 is 2.00 bits per heavy atom. The SMILES string of the molecule is N[C@@H]1CN(c2nc3cc(F)cnc3n2Cc2ncc(Cl)cn2)CCC1F. The van der Waals surface area contributed by atoms with Crippen molar-refractivity contribution in [2.24, 2.45) is 5.73 Å². The normalized spacial score (nSPS) is 20.7. The van der Waals surface area contributed by atoms with Crippen molar-refractivity contribution in [2.75, 3.05) is 18.0 Å². The fourth-order valence-electron chi connectivity index (χ4n) is 3.06. The van der Waals surface area contributed by atoms with Gasteiger partial charge in [-0.2, -0.15) is 0 Å². The summed E-state index contributed by atoms with van der Waals surface area (Å²) in [5, 5.41) is 0.431. The van der Waals surface area contributed by atoms with E-state index >= 15 is 0 Å². The van der Waals surface area contributed by atoms with E-state index in [9.17, 15) is 8.78 Å². The molecule has 1 aliphatic heterocycles. The summed E-state index contributed by atoms with van der Waals surface area (Å²) in [6, 6.07) is 0.709. The third kappa shape index (κ3) is 3.19. The van der Waals surface area contributed by atoms with Crippen molar-refractivity contribution in [3.05, 3.63) is 41.3 Å². The first kappa shape index (κ1) is 17.0. The van der Waals surface area contributed by atoms with Crippen molar-refractivity contribution in [1.29, 1.82) is 0 Å². The Balaban J connectivity index is 1.76. The highest BCUT2D eigenvalue weighted by atomic mass is 35.5. The van der Waals surface area contributed by atoms with Crippen LogP contribution in [0.4, 0.5) is 14.7 Å². The summed E-state index contributed by atoms with van der Waals surface area (Å²) in [5.74, 6) is 0.570. The number of nitrogens with zero attached hydrogens (tertiary/aromatic N) is 6. The largest absolute Gasteiger partial charge is 0.340 e. The number of halogens is 3. The summed E-state index contributed by atoms with van der Waals surface area (Å²) in [5.41, 5.74) is 6.78. The number of imidazole rings is 1. The van der Waals surface area contributed by atoms with Crippen LogP contribution in [0.3, 0.4) is 0 Å². The summed E-state index contributed by atoms with van der Waals surface area (Å²) >= 11 is 5.83. The summed E-state index contributed by atoms with van der Waals surface area (Å²) in [4.78, 5) is 18.9. The number of nitrogens with two attached hydrogens (primary N) is 1. The minimum Gasteiger partial charge on any atom is -0.340 e. The average Bonchev–Trinajstić information content (AvgIpc) is 2.97. The Morgan fingerprint density at radius 1 is 1.23 bits per heavy atom. The molecular weight excluding hydrogens is 364 g/mol. The zero-order chi connectivity index (χ0) is 18.3. The van der Waals surface area contributed by atoms with E-state index in [1.54, 1.807) is 4.57 Å². The molecule has 0 radical (unpaired) electrons. The topological polar surface area (TPSA) is 85.8 Å². The van der Waals surface area contributed by atoms with Gasteiger partial charge in [0.05, 0.1) is 23.8 Å². The highest BCUT2D eigenvalue weighted by molar-refractivity contribution is 6.30. The second-order valence-corrected chi connectivity index (χ2v) is 6.66. The van der Waals surface area contributed by atoms with Gasteiger partial charge in [0.1, 0.15) is 23.3 Å². The lowest BCUT2D eigenvalue weighted by Crippen LogP contribution is -2.50. The molecule has 0 bridgehead atoms. The van der Waals surface area contributed by atoms with E-state index in [2.05, 4.69) is 19.9 Å². The van der Waals surface area contributed by atoms with Crippen LogP contribution >= 0.6 is 11.6 Å². The quantitative estimate of drug-likeness (QED) is 0.748. The first-order valence-electron chi connectivity index (χ1n) is 8.14. The molecule has 10 heteroatoms. The van der Waals surface area contributed by atoms with E-state index in [-0.39, 0.29) is 6.54 Å². The Labute approximate surface area is 152 Å². The Kier molecular flexibility index (Phi) is 4.41. The molecule has 7 nitrogen and oxygen atoms in total. The van der Waals surface area contributed by atoms with Crippen molar-refractivity contribution in [3.63, 3.8) is 0 Å². The van der Waals surface area contributed by atoms with E-state index in [1.165, 1.54) is 18.5 Å². The first-order chi connectivity index (χ1) is 12.5. The smallest absolute Gasteiger partial charge is 0.208 e. The lowest BCUT2D eigenvalue weighted by molar-refractivity contribution is 0.243. The molecule has 3 aromatic heterocycles. The molecule has 0 aromatic carbocycles. The summed E-state index contributed by atoms with van der Waals surface area (Å²) in [6.07, 6.45) is 3.40. The van der Waals surface area contributed by atoms with Crippen LogP contribution in [0.1, 0.15) is 12.2 Å². The predicted molar refractivity (Wildman–Crippen MR) is 93.3 cm³/mol. The summed E-state index contributed by atoms with van der Waals surface area (Å²) < 4.78 is 29.1. The van der Waals surface area contributed by atoms with Crippen molar-refractivity contribution in [3.8, 4) is 0 Å². The van der Waals surface area contributed by atoms with Gasteiger partial charge >= 0.3 is 0 Å². The standard InChI is InChI=1S/C16H16ClF2N7/c17-9-4-21-14(22-5-9)8-26-15-13(3-10(18)6-23-15)24-16(26)25-2-1-11(19)12(20)7-25/h3-6,11-12H,1-2,7-8,20H2/t11?,12-/m1/s1. The van der Waals surface area contributed by atoms with Gasteiger partial charge in [-0.15, -0.1) is 0 Å². The summed E-state index contributed by atoms with van der Waals surface area (Å²) in [6.45, 7) is 1.04. The Hall–Kier alpha value is -2.39. The molecule has 1 aliphatic rings. The molecule has 136 valence electrons. The van der Waals surface area contributed by atoms with Crippen LogP contribution < -0.4 is 10.6 Å². The monoisotopic (exact) mass is 379 g/mol. The van der Waals surface area contributed by atoms with E-state index in [4.69, 9.17) is 17.3 Å². The molecule has 1 fully saturated rings. The zero-order valence-electron chi connectivity index (χ0n) is 13.7. The molecule has 0 amide bonds. The molecule has 4 rings (SSSR count). The lowest BCUT2D eigenvalue weighted by atomic mass is 10.1. The fourth-order valence-corrected chi connectivity index (χ4v) is 3.16. The average molecular weight is 380 g/mol. The van der Waals surface area contributed by atoms with Crippen molar-refractivity contribution in [2.45, 2.75) is 25.2 Å². The van der Waals surface area contributed by atoms with Crippen molar-refractivity contribution < 1.29 is 8.78 Å². The lowest BCUT2D eigenvalue weighted by Gasteiger charge is -2.33. The molecule has 0 aliphatic carbocycles. The van der Waals surface area contributed by atoms with Crippen LogP contribution in [0.2, 0.25) is 5.02 Å². The zero-order valence-corrected chi connectivity index (χ0v) is 14.4. The molecular formula is C16H16ClF2N7. The van der Waals surface area contributed by atoms with Crippen LogP contribution in [-0.2, 0) is 6.54 Å². The molecule has 0 saturated carbocycles. The molecule has 3 aromatic rings. The molecule has 26 heavy (non-hydrogen) atoms. The van der Waals surface area contributed by atoms with Gasteiger partial charge < -0.3 is 10.6 Å². The minimum atomic E-state index is -1.04. The van der Waals surface area contributed by atoms with Gasteiger partial charge in [-0.05, 0) is 6.42 Å². The number of anilines is 1. The van der Waals surface area contributed by atoms with E-state index < -0.39 is 18.0 Å². The third-order valence-corrected chi connectivity index (χ3v) is 4.55. The van der Waals surface area contributed by atoms with Crippen LogP contribution in [0, 0.1) is 5.82 Å². The van der Waals surface area contributed by atoms with Crippen LogP contribution in [0.25, 0.3) is 11.2 Å². The van der Waals surface area contributed by atoms with Gasteiger partial charge in [0.25, 0.3) is 0 Å². The van der Waals surface area contributed by atoms with Gasteiger partial charge in [-0.25, -0.2) is 28.7 Å². The van der Waals surface area contributed by atoms with Gasteiger partial charge in [0, 0.05) is 31.5 Å².